The summed E-state index contributed by atoms with van der Waals surface area (Å²) in [7, 11) is 0. The summed E-state index contributed by atoms with van der Waals surface area (Å²) in [5.41, 5.74) is -4.77. The molecule has 0 aromatic carbocycles. The van der Waals surface area contributed by atoms with E-state index in [2.05, 4.69) is 13.0 Å². The molecule has 2 fully saturated rings. The first kappa shape index (κ1) is 30.7. The number of unbranched alkanes of at least 4 members (excludes halogenated alkanes) is 3. The summed E-state index contributed by atoms with van der Waals surface area (Å²) >= 11 is 0. The molecule has 0 aromatic rings. The van der Waals surface area contributed by atoms with Gasteiger partial charge in [-0.1, -0.05) is 64.8 Å². The number of Topliss-reactive ketones (excluding diaryl/α,β-unsaturated/α-hetero) is 1. The third-order valence-corrected chi connectivity index (χ3v) is 10.2. The normalized spacial score (nSPS) is 39.4. The Morgan fingerprint density at radius 3 is 2.42 bits per heavy atom. The van der Waals surface area contributed by atoms with Crippen molar-refractivity contribution in [3.8, 4) is 0 Å². The molecule has 0 aromatic heterocycles. The van der Waals surface area contributed by atoms with Gasteiger partial charge < -0.3 is 24.8 Å². The number of ketones is 1. The van der Waals surface area contributed by atoms with Crippen molar-refractivity contribution in [2.24, 2.45) is 29.1 Å². The average molecular weight is 559 g/mol. The van der Waals surface area contributed by atoms with Crippen LogP contribution in [0, 0.1) is 29.1 Å². The zero-order valence-corrected chi connectivity index (χ0v) is 24.7. The minimum Gasteiger partial charge on any atom is -0.458 e. The summed E-state index contributed by atoms with van der Waals surface area (Å²) in [6.07, 6.45) is 11.3. The lowest BCUT2D eigenvalue weighted by Gasteiger charge is -2.53. The van der Waals surface area contributed by atoms with Crippen LogP contribution >= 0.6 is 0 Å². The molecule has 0 amide bonds. The van der Waals surface area contributed by atoms with Gasteiger partial charge in [0.1, 0.15) is 11.7 Å². The van der Waals surface area contributed by atoms with Crippen LogP contribution in [0.15, 0.2) is 35.5 Å². The molecule has 2 saturated carbocycles. The summed E-state index contributed by atoms with van der Waals surface area (Å²) in [5, 5.41) is 34.6. The topological polar surface area (TPSA) is 130 Å². The fourth-order valence-electron chi connectivity index (χ4n) is 8.21. The first-order valence-electron chi connectivity index (χ1n) is 14.8. The zero-order chi connectivity index (χ0) is 29.7. The van der Waals surface area contributed by atoms with E-state index in [-0.39, 0.29) is 19.4 Å². The van der Waals surface area contributed by atoms with Gasteiger partial charge in [-0.05, 0) is 37.3 Å². The number of fused-ring (bicyclic) bond motifs is 5. The molecule has 8 heteroatoms. The molecule has 0 saturated heterocycles. The lowest BCUT2D eigenvalue weighted by molar-refractivity contribution is -0.228. The van der Waals surface area contributed by atoms with Gasteiger partial charge in [0, 0.05) is 48.9 Å². The third kappa shape index (κ3) is 4.51. The number of aliphatic hydroxyl groups excluding tert-OH is 1. The fraction of sp³-hybridized carbons (Fsp3) is 0.719. The van der Waals surface area contributed by atoms with Gasteiger partial charge in [-0.15, -0.1) is 0 Å². The highest BCUT2D eigenvalue weighted by Gasteiger charge is 2.87. The van der Waals surface area contributed by atoms with E-state index in [4.69, 9.17) is 9.47 Å². The lowest BCUT2D eigenvalue weighted by Crippen LogP contribution is -2.66. The van der Waals surface area contributed by atoms with Crippen LogP contribution in [-0.2, 0) is 23.9 Å². The fourth-order valence-corrected chi connectivity index (χ4v) is 8.21. The van der Waals surface area contributed by atoms with Crippen LogP contribution in [0.2, 0.25) is 0 Å². The Hall–Kier alpha value is -2.29. The van der Waals surface area contributed by atoms with Crippen molar-refractivity contribution in [1.29, 1.82) is 0 Å². The summed E-state index contributed by atoms with van der Waals surface area (Å²) in [6, 6.07) is 0. The van der Waals surface area contributed by atoms with Crippen molar-refractivity contribution < 1.29 is 39.2 Å². The van der Waals surface area contributed by atoms with Crippen molar-refractivity contribution >= 4 is 17.7 Å². The van der Waals surface area contributed by atoms with E-state index < -0.39 is 69.7 Å². The minimum atomic E-state index is -1.94. The highest BCUT2D eigenvalue weighted by molar-refractivity contribution is 6.04. The predicted octanol–water partition coefficient (Wildman–Crippen LogP) is 3.97. The van der Waals surface area contributed by atoms with Crippen molar-refractivity contribution in [1.82, 2.24) is 0 Å². The Balaban J connectivity index is 1.72. The second-order valence-corrected chi connectivity index (χ2v) is 12.9. The standard InChI is InChI=1S/C32H46O8/c1-7-8-9-10-11-12-13-14-25(35)39-28-20(3)31(38)23(26-29(5,6)32(26,28)40-21(4)34)16-22(18-33)17-30(37)24(31)15-19(2)27(30)36/h11-12,15-16,20,23-24,26,28,33,37-38H,7-10,13-14,17-18H2,1-6H3/b12-11-/t20-,23+,24-,26-,28-,30-,31-,32-/m1/s1. The summed E-state index contributed by atoms with van der Waals surface area (Å²) in [4.78, 5) is 38.9. The van der Waals surface area contributed by atoms with Gasteiger partial charge in [0.05, 0.1) is 12.2 Å². The largest absolute Gasteiger partial charge is 0.458 e. The molecular weight excluding hydrogens is 512 g/mol. The summed E-state index contributed by atoms with van der Waals surface area (Å²) in [6.45, 7) is 10.3. The number of carbonyl (C=O) groups excluding carboxylic acids is 3. The van der Waals surface area contributed by atoms with E-state index in [0.717, 1.165) is 25.7 Å². The molecule has 0 spiro atoms. The average Bonchev–Trinajstić information content (AvgIpc) is 3.31. The number of rotatable bonds is 10. The van der Waals surface area contributed by atoms with Crippen molar-refractivity contribution in [2.75, 3.05) is 6.61 Å². The second kappa shape index (κ2) is 10.8. The predicted molar refractivity (Wildman–Crippen MR) is 149 cm³/mol. The quantitative estimate of drug-likeness (QED) is 0.209. The molecule has 8 atom stereocenters. The van der Waals surface area contributed by atoms with Gasteiger partial charge in [-0.25, -0.2) is 0 Å². The Kier molecular flexibility index (Phi) is 8.31. The van der Waals surface area contributed by atoms with Crippen LogP contribution in [0.1, 0.15) is 86.5 Å². The molecule has 8 nitrogen and oxygen atoms in total. The van der Waals surface area contributed by atoms with Crippen LogP contribution < -0.4 is 0 Å². The Morgan fingerprint density at radius 1 is 1.12 bits per heavy atom. The number of ether oxygens (including phenoxy) is 2. The maximum Gasteiger partial charge on any atom is 0.306 e. The Morgan fingerprint density at radius 2 is 1.80 bits per heavy atom. The van der Waals surface area contributed by atoms with E-state index in [0.29, 0.717) is 17.6 Å². The summed E-state index contributed by atoms with van der Waals surface area (Å²) in [5.74, 6) is -4.42. The van der Waals surface area contributed by atoms with Crippen LogP contribution in [0.25, 0.3) is 0 Å². The smallest absolute Gasteiger partial charge is 0.306 e. The van der Waals surface area contributed by atoms with Crippen LogP contribution in [0.3, 0.4) is 0 Å². The number of aliphatic hydroxyl groups is 3. The third-order valence-electron chi connectivity index (χ3n) is 10.2. The molecule has 0 unspecified atom stereocenters. The molecular formula is C32H46O8. The summed E-state index contributed by atoms with van der Waals surface area (Å²) < 4.78 is 12.2. The number of carbonyl (C=O) groups is 3. The number of allylic oxidation sites excluding steroid dienone is 2. The molecule has 4 aliphatic carbocycles. The molecule has 0 aliphatic heterocycles. The molecule has 0 bridgehead atoms. The van der Waals surface area contributed by atoms with Gasteiger partial charge in [-0.2, -0.15) is 0 Å². The SMILES string of the molecule is CCCCC/C=C\CCC(=O)O[C@@H]1[C@@H](C)[C@@]2(O)[C@@H](C=C(CO)C[C@]3(O)C(=O)C(C)=C[C@@H]23)[C@@H]2C(C)(C)[C@]12OC(C)=O. The molecule has 3 N–H and O–H groups in total. The van der Waals surface area contributed by atoms with Crippen molar-refractivity contribution in [2.45, 2.75) is 109 Å². The monoisotopic (exact) mass is 558 g/mol. The maximum absolute atomic E-state index is 13.2. The number of esters is 2. The van der Waals surface area contributed by atoms with Gasteiger partial charge in [0.2, 0.25) is 0 Å². The number of hydrogen-bond donors (Lipinski definition) is 3. The molecule has 0 radical (unpaired) electrons. The van der Waals surface area contributed by atoms with Gasteiger partial charge in [0.15, 0.2) is 11.4 Å². The van der Waals surface area contributed by atoms with E-state index in [1.807, 2.05) is 19.9 Å². The molecule has 4 aliphatic rings. The Labute approximate surface area is 237 Å². The molecule has 222 valence electrons. The highest BCUT2D eigenvalue weighted by Crippen LogP contribution is 2.77. The van der Waals surface area contributed by atoms with Gasteiger partial charge in [-0.3, -0.25) is 14.4 Å². The van der Waals surface area contributed by atoms with Crippen LogP contribution in [0.4, 0.5) is 0 Å². The molecule has 4 rings (SSSR count). The van der Waals surface area contributed by atoms with Crippen LogP contribution in [0.5, 0.6) is 0 Å². The van der Waals surface area contributed by atoms with Gasteiger partial charge >= 0.3 is 11.9 Å². The molecule has 40 heavy (non-hydrogen) atoms. The van der Waals surface area contributed by atoms with E-state index >= 15 is 0 Å². The minimum absolute atomic E-state index is 0.116. The number of hydrogen-bond acceptors (Lipinski definition) is 8. The van der Waals surface area contributed by atoms with Crippen molar-refractivity contribution in [3.63, 3.8) is 0 Å². The zero-order valence-electron chi connectivity index (χ0n) is 24.7. The van der Waals surface area contributed by atoms with Crippen LogP contribution in [-0.4, -0.2) is 62.6 Å². The second-order valence-electron chi connectivity index (χ2n) is 12.9. The van der Waals surface area contributed by atoms with E-state index in [1.54, 1.807) is 26.0 Å². The molecule has 0 heterocycles. The highest BCUT2D eigenvalue weighted by atomic mass is 16.6. The van der Waals surface area contributed by atoms with E-state index in [9.17, 15) is 29.7 Å². The first-order chi connectivity index (χ1) is 18.7. The maximum atomic E-state index is 13.2. The lowest BCUT2D eigenvalue weighted by atomic mass is 9.59. The van der Waals surface area contributed by atoms with Gasteiger partial charge in [0.25, 0.3) is 0 Å². The first-order valence-corrected chi connectivity index (χ1v) is 14.8. The van der Waals surface area contributed by atoms with Crippen molar-refractivity contribution in [3.05, 3.63) is 35.5 Å². The Bertz CT molecular complexity index is 1130. The van der Waals surface area contributed by atoms with E-state index in [1.165, 1.54) is 6.92 Å².